The van der Waals surface area contributed by atoms with Gasteiger partial charge in [-0.25, -0.2) is 0 Å². The van der Waals surface area contributed by atoms with Crippen molar-refractivity contribution in [2.24, 2.45) is 0 Å². The lowest BCUT2D eigenvalue weighted by atomic mass is 9.96. The minimum absolute atomic E-state index is 0.119. The largest absolute Gasteiger partial charge is 0.356 e. The molecule has 18 heavy (non-hydrogen) atoms. The Morgan fingerprint density at radius 1 is 1.17 bits per heavy atom. The number of piperazine rings is 1. The fraction of sp³-hybridized carbons (Fsp3) is 0.429. The van der Waals surface area contributed by atoms with E-state index in [9.17, 15) is 9.59 Å². The first kappa shape index (κ1) is 12.6. The quantitative estimate of drug-likeness (QED) is 0.743. The van der Waals surface area contributed by atoms with Gasteiger partial charge in [0.2, 0.25) is 5.91 Å². The van der Waals surface area contributed by atoms with E-state index in [-0.39, 0.29) is 5.91 Å². The first-order valence-corrected chi connectivity index (χ1v) is 6.05. The third-order valence-corrected chi connectivity index (χ3v) is 3.54. The number of hydrogen-bond acceptors (Lipinski definition) is 3. The van der Waals surface area contributed by atoms with Crippen LogP contribution in [0.2, 0.25) is 0 Å². The minimum atomic E-state index is -0.546. The van der Waals surface area contributed by atoms with Crippen LogP contribution >= 0.6 is 0 Å². The number of anilines is 1. The van der Waals surface area contributed by atoms with Gasteiger partial charge in [-0.3, -0.25) is 9.59 Å². The topological polar surface area (TPSA) is 40.6 Å². The predicted octanol–water partition coefficient (Wildman–Crippen LogP) is 1.56. The summed E-state index contributed by atoms with van der Waals surface area (Å²) in [5.41, 5.74) is 1.08. The second-order valence-corrected chi connectivity index (χ2v) is 5.15. The molecule has 0 unspecified atom stereocenters. The van der Waals surface area contributed by atoms with Gasteiger partial charge >= 0.3 is 0 Å². The fourth-order valence-electron chi connectivity index (χ4n) is 2.40. The monoisotopic (exact) mass is 246 g/mol. The Hall–Kier alpha value is -1.84. The van der Waals surface area contributed by atoms with Crippen LogP contribution in [0.5, 0.6) is 0 Å². The summed E-state index contributed by atoms with van der Waals surface area (Å²) in [6, 6.07) is 7.34. The molecule has 1 amide bonds. The van der Waals surface area contributed by atoms with Crippen LogP contribution in [0, 0.1) is 0 Å². The molecule has 1 aromatic rings. The standard InChI is InChI=1S/C14H18N2O2/c1-14(2)13(18)15(3)8-9-16(14)12-6-4-11(10-17)5-7-12/h4-7,10H,8-9H2,1-3H3. The molecule has 2 rings (SSSR count). The molecule has 1 aliphatic heterocycles. The molecule has 0 aliphatic carbocycles. The molecule has 0 saturated carbocycles. The van der Waals surface area contributed by atoms with Crippen LogP contribution in [0.15, 0.2) is 24.3 Å². The molecule has 0 radical (unpaired) electrons. The van der Waals surface area contributed by atoms with E-state index in [4.69, 9.17) is 0 Å². The Morgan fingerprint density at radius 2 is 1.78 bits per heavy atom. The Morgan fingerprint density at radius 3 is 2.33 bits per heavy atom. The van der Waals surface area contributed by atoms with Gasteiger partial charge in [0.05, 0.1) is 0 Å². The lowest BCUT2D eigenvalue weighted by Crippen LogP contribution is -2.62. The molecule has 1 aromatic carbocycles. The number of carbonyl (C=O) groups is 2. The summed E-state index contributed by atoms with van der Waals surface area (Å²) in [4.78, 5) is 26.7. The summed E-state index contributed by atoms with van der Waals surface area (Å²) >= 11 is 0. The molecule has 1 saturated heterocycles. The van der Waals surface area contributed by atoms with Crippen molar-refractivity contribution in [2.45, 2.75) is 19.4 Å². The highest BCUT2D eigenvalue weighted by atomic mass is 16.2. The smallest absolute Gasteiger partial charge is 0.247 e. The van der Waals surface area contributed by atoms with Crippen molar-refractivity contribution < 1.29 is 9.59 Å². The van der Waals surface area contributed by atoms with Crippen LogP contribution in [-0.4, -0.2) is 42.8 Å². The van der Waals surface area contributed by atoms with Crippen molar-refractivity contribution in [1.82, 2.24) is 4.90 Å². The van der Waals surface area contributed by atoms with Crippen molar-refractivity contribution >= 4 is 17.9 Å². The van der Waals surface area contributed by atoms with E-state index in [2.05, 4.69) is 4.90 Å². The molecule has 1 fully saturated rings. The van der Waals surface area contributed by atoms with Gasteiger partial charge in [-0.15, -0.1) is 0 Å². The summed E-state index contributed by atoms with van der Waals surface area (Å²) < 4.78 is 0. The third kappa shape index (κ3) is 1.98. The van der Waals surface area contributed by atoms with Gasteiger partial charge in [0.15, 0.2) is 0 Å². The normalized spacial score (nSPS) is 18.9. The number of rotatable bonds is 2. The molecular weight excluding hydrogens is 228 g/mol. The molecule has 4 heteroatoms. The van der Waals surface area contributed by atoms with Gasteiger partial charge in [0.25, 0.3) is 0 Å². The second kappa shape index (κ2) is 4.44. The first-order valence-electron chi connectivity index (χ1n) is 6.05. The van der Waals surface area contributed by atoms with Crippen LogP contribution < -0.4 is 4.90 Å². The van der Waals surface area contributed by atoms with Gasteiger partial charge < -0.3 is 9.80 Å². The highest BCUT2D eigenvalue weighted by molar-refractivity contribution is 5.90. The van der Waals surface area contributed by atoms with Crippen molar-refractivity contribution in [3.8, 4) is 0 Å². The summed E-state index contributed by atoms with van der Waals surface area (Å²) in [5.74, 6) is 0.119. The van der Waals surface area contributed by atoms with Crippen LogP contribution in [-0.2, 0) is 4.79 Å². The third-order valence-electron chi connectivity index (χ3n) is 3.54. The molecule has 0 atom stereocenters. The number of benzene rings is 1. The molecule has 4 nitrogen and oxygen atoms in total. The molecule has 0 aromatic heterocycles. The van der Waals surface area contributed by atoms with Crippen LogP contribution in [0.25, 0.3) is 0 Å². The zero-order valence-corrected chi connectivity index (χ0v) is 11.0. The number of nitrogens with zero attached hydrogens (tertiary/aromatic N) is 2. The fourth-order valence-corrected chi connectivity index (χ4v) is 2.40. The maximum atomic E-state index is 12.2. The van der Waals surface area contributed by atoms with Crippen molar-refractivity contribution in [3.05, 3.63) is 29.8 Å². The van der Waals surface area contributed by atoms with E-state index in [0.717, 1.165) is 25.1 Å². The van der Waals surface area contributed by atoms with Gasteiger partial charge in [0.1, 0.15) is 11.8 Å². The number of aldehydes is 1. The first-order chi connectivity index (χ1) is 8.46. The van der Waals surface area contributed by atoms with Crippen molar-refractivity contribution in [3.63, 3.8) is 0 Å². The van der Waals surface area contributed by atoms with Gasteiger partial charge in [-0.2, -0.15) is 0 Å². The van der Waals surface area contributed by atoms with Gasteiger partial charge in [0, 0.05) is 31.4 Å². The lowest BCUT2D eigenvalue weighted by molar-refractivity contribution is -0.136. The highest BCUT2D eigenvalue weighted by Gasteiger charge is 2.40. The minimum Gasteiger partial charge on any atom is -0.356 e. The molecule has 0 N–H and O–H groups in total. The summed E-state index contributed by atoms with van der Waals surface area (Å²) in [6.45, 7) is 5.38. The predicted molar refractivity (Wildman–Crippen MR) is 70.9 cm³/mol. The van der Waals surface area contributed by atoms with E-state index < -0.39 is 5.54 Å². The second-order valence-electron chi connectivity index (χ2n) is 5.15. The van der Waals surface area contributed by atoms with Crippen molar-refractivity contribution in [1.29, 1.82) is 0 Å². The number of likely N-dealkylation sites (N-methyl/N-ethyl adjacent to an activating group) is 1. The van der Waals surface area contributed by atoms with Crippen molar-refractivity contribution in [2.75, 3.05) is 25.0 Å². The average molecular weight is 246 g/mol. The van der Waals surface area contributed by atoms with E-state index in [1.54, 1.807) is 17.0 Å². The Labute approximate surface area is 107 Å². The summed E-state index contributed by atoms with van der Waals surface area (Å²) in [6.07, 6.45) is 0.823. The SMILES string of the molecule is CN1CCN(c2ccc(C=O)cc2)C(C)(C)C1=O. The number of carbonyl (C=O) groups excluding carboxylic acids is 2. The van der Waals surface area contributed by atoms with Gasteiger partial charge in [-0.1, -0.05) is 0 Å². The molecule has 0 spiro atoms. The molecule has 96 valence electrons. The number of amides is 1. The maximum Gasteiger partial charge on any atom is 0.247 e. The van der Waals surface area contributed by atoms with Crippen LogP contribution in [0.1, 0.15) is 24.2 Å². The molecule has 0 bridgehead atoms. The Bertz CT molecular complexity index is 465. The van der Waals surface area contributed by atoms with Gasteiger partial charge in [-0.05, 0) is 38.1 Å². The summed E-state index contributed by atoms with van der Waals surface area (Å²) in [5, 5.41) is 0. The highest BCUT2D eigenvalue weighted by Crippen LogP contribution is 2.28. The number of hydrogen-bond donors (Lipinski definition) is 0. The Balaban J connectivity index is 2.31. The average Bonchev–Trinajstić information content (AvgIpc) is 2.36. The van der Waals surface area contributed by atoms with Crippen LogP contribution in [0.4, 0.5) is 5.69 Å². The maximum absolute atomic E-state index is 12.2. The lowest BCUT2D eigenvalue weighted by Gasteiger charge is -2.46. The molecule has 1 heterocycles. The van der Waals surface area contributed by atoms with E-state index in [1.807, 2.05) is 33.0 Å². The summed E-state index contributed by atoms with van der Waals surface area (Å²) in [7, 11) is 1.83. The zero-order valence-electron chi connectivity index (χ0n) is 11.0. The zero-order chi connectivity index (χ0) is 13.3. The molecule has 1 aliphatic rings. The van der Waals surface area contributed by atoms with Crippen LogP contribution in [0.3, 0.4) is 0 Å². The molecular formula is C14H18N2O2. The van der Waals surface area contributed by atoms with E-state index in [1.165, 1.54) is 0 Å². The van der Waals surface area contributed by atoms with E-state index in [0.29, 0.717) is 5.56 Å². The van der Waals surface area contributed by atoms with E-state index >= 15 is 0 Å². The Kier molecular flexibility index (Phi) is 3.11.